The number of hydrogen-bond donors (Lipinski definition) is 1. The molecule has 0 radical (unpaired) electrons. The van der Waals surface area contributed by atoms with Crippen molar-refractivity contribution >= 4 is 11.9 Å². The SMILES string of the molecule is CC(C)[C@]12CC[C@@H](C(=O)O)[C@H](C1)C(=O)O2. The van der Waals surface area contributed by atoms with Crippen LogP contribution in [0.1, 0.15) is 33.1 Å². The van der Waals surface area contributed by atoms with E-state index in [-0.39, 0.29) is 17.5 Å². The summed E-state index contributed by atoms with van der Waals surface area (Å²) in [6, 6.07) is 0. The normalized spacial score (nSPS) is 39.3. The first kappa shape index (κ1) is 10.5. The zero-order valence-electron chi connectivity index (χ0n) is 9.03. The highest BCUT2D eigenvalue weighted by Crippen LogP contribution is 2.49. The Labute approximate surface area is 88.6 Å². The van der Waals surface area contributed by atoms with Crippen molar-refractivity contribution in [2.45, 2.75) is 38.7 Å². The lowest BCUT2D eigenvalue weighted by Crippen LogP contribution is -2.39. The number of carbonyl (C=O) groups is 2. The third-order valence-electron chi connectivity index (χ3n) is 3.91. The second-order valence-electron chi connectivity index (χ2n) is 4.93. The van der Waals surface area contributed by atoms with E-state index in [2.05, 4.69) is 0 Å². The molecule has 1 N–H and O–H groups in total. The van der Waals surface area contributed by atoms with Crippen LogP contribution < -0.4 is 0 Å². The highest BCUT2D eigenvalue weighted by Gasteiger charge is 2.56. The van der Waals surface area contributed by atoms with Crippen molar-refractivity contribution in [3.63, 3.8) is 0 Å². The van der Waals surface area contributed by atoms with Crippen LogP contribution in [-0.2, 0) is 14.3 Å². The van der Waals surface area contributed by atoms with Crippen molar-refractivity contribution < 1.29 is 19.4 Å². The first-order valence-electron chi connectivity index (χ1n) is 5.42. The van der Waals surface area contributed by atoms with E-state index in [1.165, 1.54) is 0 Å². The minimum atomic E-state index is -0.865. The Kier molecular flexibility index (Phi) is 2.24. The maximum absolute atomic E-state index is 11.6. The lowest BCUT2D eigenvalue weighted by molar-refractivity contribution is -0.154. The number of fused-ring (bicyclic) bond motifs is 2. The van der Waals surface area contributed by atoms with E-state index in [1.807, 2.05) is 13.8 Å². The summed E-state index contributed by atoms with van der Waals surface area (Å²) in [5, 5.41) is 8.99. The van der Waals surface area contributed by atoms with Gasteiger partial charge in [-0.1, -0.05) is 13.8 Å². The molecule has 2 rings (SSSR count). The van der Waals surface area contributed by atoms with E-state index in [9.17, 15) is 9.59 Å². The van der Waals surface area contributed by atoms with Crippen LogP contribution in [0.5, 0.6) is 0 Å². The topological polar surface area (TPSA) is 63.6 Å². The van der Waals surface area contributed by atoms with Crippen LogP contribution >= 0.6 is 0 Å². The number of esters is 1. The van der Waals surface area contributed by atoms with Gasteiger partial charge in [0.1, 0.15) is 5.60 Å². The summed E-state index contributed by atoms with van der Waals surface area (Å²) in [6.45, 7) is 4.05. The van der Waals surface area contributed by atoms with E-state index >= 15 is 0 Å². The minimum absolute atomic E-state index is 0.265. The molecule has 2 fully saturated rings. The molecule has 1 aliphatic heterocycles. The van der Waals surface area contributed by atoms with Gasteiger partial charge in [-0.3, -0.25) is 9.59 Å². The lowest BCUT2D eigenvalue weighted by Gasteiger charge is -2.35. The summed E-state index contributed by atoms with van der Waals surface area (Å²) in [5.41, 5.74) is -0.381. The fraction of sp³-hybridized carbons (Fsp3) is 0.818. The predicted octanol–water partition coefficient (Wildman–Crippen LogP) is 1.44. The number of carboxylic acids is 1. The van der Waals surface area contributed by atoms with Gasteiger partial charge in [0.05, 0.1) is 11.8 Å². The van der Waals surface area contributed by atoms with Crippen molar-refractivity contribution in [3.05, 3.63) is 0 Å². The minimum Gasteiger partial charge on any atom is -0.481 e. The van der Waals surface area contributed by atoms with Crippen LogP contribution in [0.25, 0.3) is 0 Å². The molecule has 3 atom stereocenters. The summed E-state index contributed by atoms with van der Waals surface area (Å²) in [5.74, 6) is -1.86. The third-order valence-corrected chi connectivity index (χ3v) is 3.91. The first-order chi connectivity index (χ1) is 6.96. The standard InChI is InChI=1S/C11H16O4/c1-6(2)11-4-3-7(9(12)13)8(5-11)10(14)15-11/h6-8H,3-5H2,1-2H3,(H,12,13)/t7-,8+,11+/m1/s1. The van der Waals surface area contributed by atoms with E-state index < -0.39 is 17.8 Å². The fourth-order valence-electron chi connectivity index (χ4n) is 2.77. The van der Waals surface area contributed by atoms with E-state index in [0.29, 0.717) is 19.3 Å². The van der Waals surface area contributed by atoms with E-state index in [4.69, 9.17) is 9.84 Å². The molecule has 1 aliphatic carbocycles. The number of carboxylic acid groups (broad SMARTS) is 1. The quantitative estimate of drug-likeness (QED) is 0.703. The van der Waals surface area contributed by atoms with E-state index in [0.717, 1.165) is 0 Å². The molecule has 4 nitrogen and oxygen atoms in total. The second kappa shape index (κ2) is 3.22. The number of ether oxygens (including phenoxy) is 1. The molecule has 0 aromatic heterocycles. The lowest BCUT2D eigenvalue weighted by atomic mass is 9.70. The number of carbonyl (C=O) groups excluding carboxylic acids is 1. The van der Waals surface area contributed by atoms with Crippen molar-refractivity contribution in [1.29, 1.82) is 0 Å². The molecule has 0 aromatic rings. The summed E-state index contributed by atoms with van der Waals surface area (Å²) < 4.78 is 5.41. The maximum Gasteiger partial charge on any atom is 0.310 e. The number of aliphatic carboxylic acids is 1. The highest BCUT2D eigenvalue weighted by atomic mass is 16.6. The molecule has 2 aliphatic rings. The van der Waals surface area contributed by atoms with Crippen LogP contribution in [0.4, 0.5) is 0 Å². The monoisotopic (exact) mass is 212 g/mol. The van der Waals surface area contributed by atoms with Crippen LogP contribution in [0, 0.1) is 17.8 Å². The number of hydrogen-bond acceptors (Lipinski definition) is 3. The molecule has 1 saturated heterocycles. The molecule has 84 valence electrons. The Hall–Kier alpha value is -1.06. The number of rotatable bonds is 2. The summed E-state index contributed by atoms with van der Waals surface area (Å²) in [6.07, 6.45) is 1.83. The van der Waals surface area contributed by atoms with Crippen molar-refractivity contribution in [2.24, 2.45) is 17.8 Å². The van der Waals surface area contributed by atoms with Crippen LogP contribution in [-0.4, -0.2) is 22.6 Å². The van der Waals surface area contributed by atoms with Crippen LogP contribution in [0.3, 0.4) is 0 Å². The largest absolute Gasteiger partial charge is 0.481 e. The van der Waals surface area contributed by atoms with E-state index in [1.54, 1.807) is 0 Å². The Morgan fingerprint density at radius 3 is 2.80 bits per heavy atom. The third kappa shape index (κ3) is 1.43. The van der Waals surface area contributed by atoms with Gasteiger partial charge in [-0.05, 0) is 18.8 Å². The van der Waals surface area contributed by atoms with Gasteiger partial charge in [0.2, 0.25) is 0 Å². The highest BCUT2D eigenvalue weighted by molar-refractivity contribution is 5.83. The summed E-state index contributed by atoms with van der Waals surface area (Å²) in [4.78, 5) is 22.5. The average molecular weight is 212 g/mol. The zero-order chi connectivity index (χ0) is 11.2. The molecule has 0 unspecified atom stereocenters. The van der Waals surface area contributed by atoms with Gasteiger partial charge in [-0.25, -0.2) is 0 Å². The Balaban J connectivity index is 2.24. The Bertz CT molecular complexity index is 310. The smallest absolute Gasteiger partial charge is 0.310 e. The van der Waals surface area contributed by atoms with Gasteiger partial charge in [0.25, 0.3) is 0 Å². The molecule has 4 heteroatoms. The molecule has 0 spiro atoms. The summed E-state index contributed by atoms with van der Waals surface area (Å²) >= 11 is 0. The second-order valence-corrected chi connectivity index (χ2v) is 4.93. The zero-order valence-corrected chi connectivity index (χ0v) is 9.03. The summed E-state index contributed by atoms with van der Waals surface area (Å²) in [7, 11) is 0. The Morgan fingerprint density at radius 1 is 1.60 bits per heavy atom. The Morgan fingerprint density at radius 2 is 2.27 bits per heavy atom. The van der Waals surface area contributed by atoms with Crippen molar-refractivity contribution in [1.82, 2.24) is 0 Å². The van der Waals surface area contributed by atoms with Crippen molar-refractivity contribution in [3.8, 4) is 0 Å². The molecule has 0 aromatic carbocycles. The molecule has 1 saturated carbocycles. The van der Waals surface area contributed by atoms with Gasteiger partial charge in [-0.2, -0.15) is 0 Å². The van der Waals surface area contributed by atoms with Gasteiger partial charge in [-0.15, -0.1) is 0 Å². The molecule has 15 heavy (non-hydrogen) atoms. The molecular formula is C11H16O4. The van der Waals surface area contributed by atoms with Gasteiger partial charge in [0, 0.05) is 6.42 Å². The van der Waals surface area contributed by atoms with Gasteiger partial charge < -0.3 is 9.84 Å². The molecule has 0 amide bonds. The van der Waals surface area contributed by atoms with Gasteiger partial charge >= 0.3 is 11.9 Å². The fourth-order valence-corrected chi connectivity index (χ4v) is 2.77. The molecule has 1 heterocycles. The van der Waals surface area contributed by atoms with Gasteiger partial charge in [0.15, 0.2) is 0 Å². The van der Waals surface area contributed by atoms with Crippen LogP contribution in [0.15, 0.2) is 0 Å². The maximum atomic E-state index is 11.6. The van der Waals surface area contributed by atoms with Crippen molar-refractivity contribution in [2.75, 3.05) is 0 Å². The van der Waals surface area contributed by atoms with Crippen LogP contribution in [0.2, 0.25) is 0 Å². The molecule has 2 bridgehead atoms. The molecular weight excluding hydrogens is 196 g/mol. The first-order valence-corrected chi connectivity index (χ1v) is 5.42. The predicted molar refractivity (Wildman–Crippen MR) is 52.1 cm³/mol. The average Bonchev–Trinajstić information content (AvgIpc) is 2.40.